The van der Waals surface area contributed by atoms with Crippen molar-refractivity contribution in [1.29, 1.82) is 0 Å². The van der Waals surface area contributed by atoms with Crippen LogP contribution in [0.4, 0.5) is 0 Å². The molecule has 11 nitrogen and oxygen atoms in total. The molecule has 0 saturated carbocycles. The van der Waals surface area contributed by atoms with Gasteiger partial charge in [-0.15, -0.1) is 0 Å². The summed E-state index contributed by atoms with van der Waals surface area (Å²) in [6.45, 7) is 3.94. The number of Topliss-reactive ketones (excluding diaryl/α,β-unsaturated/α-hetero) is 1. The van der Waals surface area contributed by atoms with Gasteiger partial charge in [0.05, 0.1) is 43.9 Å². The zero-order chi connectivity index (χ0) is 29.0. The average Bonchev–Trinajstić information content (AvgIpc) is 3.22. The predicted octanol–water partition coefficient (Wildman–Crippen LogP) is 2.10. The third kappa shape index (κ3) is 5.85. The van der Waals surface area contributed by atoms with E-state index in [4.69, 9.17) is 14.2 Å². The first kappa shape index (κ1) is 29.5. The molecule has 1 amide bonds. The number of methoxy groups -OCH3 is 2. The molecular weight excluding hydrogens is 538 g/mol. The molecule has 0 aliphatic carbocycles. The van der Waals surface area contributed by atoms with E-state index in [0.29, 0.717) is 36.7 Å². The Morgan fingerprint density at radius 1 is 1.00 bits per heavy atom. The van der Waals surface area contributed by atoms with Gasteiger partial charge in [0.1, 0.15) is 5.76 Å². The van der Waals surface area contributed by atoms with Crippen molar-refractivity contribution in [3.63, 3.8) is 0 Å². The van der Waals surface area contributed by atoms with E-state index in [0.717, 1.165) is 23.9 Å². The maximum absolute atomic E-state index is 13.4. The molecule has 2 aromatic carbocycles. The molecule has 1 N–H and O–H groups in total. The zero-order valence-electron chi connectivity index (χ0n) is 23.1. The van der Waals surface area contributed by atoms with Crippen LogP contribution < -0.4 is 9.47 Å². The van der Waals surface area contributed by atoms with Gasteiger partial charge in [-0.2, -0.15) is 0 Å². The standard InChI is InChI=1S/C28H35N3O8S/c1-29(2)40(35,36)21-9-6-19(7-10-21)26(32)24-25(20-8-11-22(37-3)23(18-20)38-4)31(28(34)27(24)33)13-5-12-30-14-16-39-17-15-30/h6-11,18,25,32H,5,12-17H2,1-4H3/t25-/m0/s1. The van der Waals surface area contributed by atoms with E-state index in [2.05, 4.69) is 4.90 Å². The fourth-order valence-electron chi connectivity index (χ4n) is 4.92. The highest BCUT2D eigenvalue weighted by atomic mass is 32.2. The van der Waals surface area contributed by atoms with Crippen molar-refractivity contribution in [2.45, 2.75) is 17.4 Å². The number of aliphatic hydroxyl groups is 1. The Bertz CT molecular complexity index is 1380. The number of amides is 1. The fourth-order valence-corrected chi connectivity index (χ4v) is 5.82. The highest BCUT2D eigenvalue weighted by Gasteiger charge is 2.46. The van der Waals surface area contributed by atoms with E-state index < -0.39 is 27.8 Å². The molecule has 2 aliphatic heterocycles. The summed E-state index contributed by atoms with van der Waals surface area (Å²) in [7, 11) is 2.16. The van der Waals surface area contributed by atoms with Gasteiger partial charge in [0.25, 0.3) is 11.7 Å². The number of ketones is 1. The Morgan fingerprint density at radius 2 is 1.65 bits per heavy atom. The molecule has 0 unspecified atom stereocenters. The van der Waals surface area contributed by atoms with Crippen molar-refractivity contribution in [3.05, 3.63) is 59.2 Å². The Morgan fingerprint density at radius 3 is 2.25 bits per heavy atom. The lowest BCUT2D eigenvalue weighted by atomic mass is 9.95. The van der Waals surface area contributed by atoms with Gasteiger partial charge < -0.3 is 24.2 Å². The average molecular weight is 574 g/mol. The number of nitrogens with zero attached hydrogens (tertiary/aromatic N) is 3. The molecule has 12 heteroatoms. The quantitative estimate of drug-likeness (QED) is 0.258. The highest BCUT2D eigenvalue weighted by Crippen LogP contribution is 2.42. The smallest absolute Gasteiger partial charge is 0.295 e. The number of aliphatic hydroxyl groups excluding tert-OH is 1. The van der Waals surface area contributed by atoms with Crippen LogP contribution in [0.1, 0.15) is 23.6 Å². The molecule has 2 fully saturated rings. The van der Waals surface area contributed by atoms with Gasteiger partial charge in [-0.3, -0.25) is 14.5 Å². The maximum atomic E-state index is 13.4. The maximum Gasteiger partial charge on any atom is 0.295 e. The minimum atomic E-state index is -3.69. The van der Waals surface area contributed by atoms with Crippen molar-refractivity contribution >= 4 is 27.5 Å². The summed E-state index contributed by atoms with van der Waals surface area (Å²) in [5, 5.41) is 11.4. The molecule has 1 atom stereocenters. The van der Waals surface area contributed by atoms with Gasteiger partial charge in [0.15, 0.2) is 11.5 Å². The molecule has 0 aromatic heterocycles. The SMILES string of the molecule is COc1ccc([C@H]2C(=C(O)c3ccc(S(=O)(=O)N(C)C)cc3)C(=O)C(=O)N2CCCN2CCOCC2)cc1OC. The molecule has 2 aliphatic rings. The highest BCUT2D eigenvalue weighted by molar-refractivity contribution is 7.89. The topological polar surface area (TPSA) is 126 Å². The number of carbonyl (C=O) groups is 2. The lowest BCUT2D eigenvalue weighted by Gasteiger charge is -2.29. The third-order valence-corrected chi connectivity index (χ3v) is 8.98. The number of hydrogen-bond acceptors (Lipinski definition) is 9. The van der Waals surface area contributed by atoms with Crippen molar-refractivity contribution in [2.24, 2.45) is 0 Å². The summed E-state index contributed by atoms with van der Waals surface area (Å²) in [6.07, 6.45) is 0.619. The largest absolute Gasteiger partial charge is 0.507 e. The molecule has 40 heavy (non-hydrogen) atoms. The minimum absolute atomic E-state index is 0.0362. The first-order valence-corrected chi connectivity index (χ1v) is 14.4. The normalized spacial score (nSPS) is 19.8. The summed E-state index contributed by atoms with van der Waals surface area (Å²) in [6, 6.07) is 9.77. The molecule has 0 spiro atoms. The monoisotopic (exact) mass is 573 g/mol. The van der Waals surface area contributed by atoms with E-state index in [1.54, 1.807) is 18.2 Å². The van der Waals surface area contributed by atoms with Gasteiger partial charge in [-0.1, -0.05) is 6.07 Å². The molecule has 0 radical (unpaired) electrons. The number of hydrogen-bond donors (Lipinski definition) is 1. The lowest BCUT2D eigenvalue weighted by Crippen LogP contribution is -2.38. The Kier molecular flexibility index (Phi) is 9.14. The van der Waals surface area contributed by atoms with Crippen LogP contribution in [-0.2, 0) is 24.3 Å². The molecule has 2 aromatic rings. The van der Waals surface area contributed by atoms with Crippen LogP contribution in [0.25, 0.3) is 5.76 Å². The van der Waals surface area contributed by atoms with Crippen molar-refractivity contribution in [3.8, 4) is 11.5 Å². The van der Waals surface area contributed by atoms with Gasteiger partial charge in [0, 0.05) is 45.8 Å². The Balaban J connectivity index is 1.74. The van der Waals surface area contributed by atoms with Gasteiger partial charge in [-0.25, -0.2) is 12.7 Å². The van der Waals surface area contributed by atoms with Crippen molar-refractivity contribution in [1.82, 2.24) is 14.1 Å². The van der Waals surface area contributed by atoms with E-state index in [1.807, 2.05) is 0 Å². The van der Waals surface area contributed by atoms with Gasteiger partial charge in [0.2, 0.25) is 10.0 Å². The second kappa shape index (κ2) is 12.4. The van der Waals surface area contributed by atoms with Crippen LogP contribution >= 0.6 is 0 Å². The predicted molar refractivity (Wildman–Crippen MR) is 148 cm³/mol. The zero-order valence-corrected chi connectivity index (χ0v) is 23.9. The number of benzene rings is 2. The first-order chi connectivity index (χ1) is 19.1. The first-order valence-electron chi connectivity index (χ1n) is 12.9. The second-order valence-corrected chi connectivity index (χ2v) is 11.9. The lowest BCUT2D eigenvalue weighted by molar-refractivity contribution is -0.140. The van der Waals surface area contributed by atoms with Crippen LogP contribution in [-0.4, -0.2) is 107 Å². The number of morpholine rings is 1. The van der Waals surface area contributed by atoms with E-state index in [1.165, 1.54) is 57.5 Å². The Labute approximate surface area is 234 Å². The van der Waals surface area contributed by atoms with Gasteiger partial charge >= 0.3 is 0 Å². The van der Waals surface area contributed by atoms with E-state index in [-0.39, 0.29) is 28.3 Å². The molecule has 2 heterocycles. The molecule has 0 bridgehead atoms. The second-order valence-electron chi connectivity index (χ2n) is 9.73. The number of carbonyl (C=O) groups excluding carboxylic acids is 2. The number of sulfonamides is 1. The summed E-state index contributed by atoms with van der Waals surface area (Å²) < 4.78 is 42.3. The van der Waals surface area contributed by atoms with Crippen LogP contribution in [0, 0.1) is 0 Å². The summed E-state index contributed by atoms with van der Waals surface area (Å²) >= 11 is 0. The molecule has 2 saturated heterocycles. The fraction of sp³-hybridized carbons (Fsp3) is 0.429. The molecule has 4 rings (SSSR count). The minimum Gasteiger partial charge on any atom is -0.507 e. The van der Waals surface area contributed by atoms with Crippen molar-refractivity contribution in [2.75, 3.05) is 67.7 Å². The molecule has 216 valence electrons. The van der Waals surface area contributed by atoms with Crippen LogP contribution in [0.2, 0.25) is 0 Å². The van der Waals surface area contributed by atoms with Gasteiger partial charge in [-0.05, 0) is 48.4 Å². The number of rotatable bonds is 10. The Hall–Kier alpha value is -3.45. The molecular formula is C28H35N3O8S. The van der Waals surface area contributed by atoms with E-state index >= 15 is 0 Å². The number of likely N-dealkylation sites (tertiary alicyclic amines) is 1. The summed E-state index contributed by atoms with van der Waals surface area (Å²) in [5.74, 6) is -1.02. The number of ether oxygens (including phenoxy) is 3. The van der Waals surface area contributed by atoms with Crippen LogP contribution in [0.15, 0.2) is 52.9 Å². The summed E-state index contributed by atoms with van der Waals surface area (Å²) in [4.78, 5) is 30.4. The summed E-state index contributed by atoms with van der Waals surface area (Å²) in [5.41, 5.74) is 0.706. The van der Waals surface area contributed by atoms with E-state index in [9.17, 15) is 23.1 Å². The van der Waals surface area contributed by atoms with Crippen molar-refractivity contribution < 1.29 is 37.3 Å². The van der Waals surface area contributed by atoms with Crippen LogP contribution in [0.3, 0.4) is 0 Å². The van der Waals surface area contributed by atoms with Crippen LogP contribution in [0.5, 0.6) is 11.5 Å². The third-order valence-electron chi connectivity index (χ3n) is 7.15.